The van der Waals surface area contributed by atoms with E-state index in [9.17, 15) is 23.5 Å². The molecular weight excluding hydrogens is 338 g/mol. The molecule has 0 saturated heterocycles. The molecule has 2 aromatic heterocycles. The number of fused-ring (bicyclic) bond motifs is 1. The summed E-state index contributed by atoms with van der Waals surface area (Å²) in [6.45, 7) is 1.12. The molecule has 0 aliphatic rings. The molecule has 0 aliphatic carbocycles. The second-order valence-corrected chi connectivity index (χ2v) is 5.94. The van der Waals surface area contributed by atoms with Crippen LogP contribution >= 0.6 is 11.3 Å². The molecule has 1 N–H and O–H groups in total. The average Bonchev–Trinajstić information content (AvgIpc) is 3.18. The number of thiazole rings is 1. The largest absolute Gasteiger partial charge is 0.376 e. The van der Waals surface area contributed by atoms with Crippen molar-refractivity contribution in [3.8, 4) is 0 Å². The molecule has 3 aromatic rings. The second kappa shape index (κ2) is 6.21. The predicted molar refractivity (Wildman–Crippen MR) is 84.2 cm³/mol. The molecular formula is C16H12F2N2O3S. The standard InChI is InChI=1S/C16H12F2N2O3S/c1-2-13(22)12-6-24-16(19-12)15(23)10-5-20(7-21)14-9(10)3-8(17)4-11(14)18/h3-6,21H,2,7H2,1H3. The van der Waals surface area contributed by atoms with Crippen LogP contribution in [0.3, 0.4) is 0 Å². The summed E-state index contributed by atoms with van der Waals surface area (Å²) in [5.41, 5.74) is 0.139. The van der Waals surface area contributed by atoms with Crippen molar-refractivity contribution in [3.63, 3.8) is 0 Å². The molecule has 8 heteroatoms. The monoisotopic (exact) mass is 350 g/mol. The lowest BCUT2D eigenvalue weighted by atomic mass is 10.1. The number of carbonyl (C=O) groups is 2. The van der Waals surface area contributed by atoms with E-state index in [-0.39, 0.29) is 39.4 Å². The Bertz CT molecular complexity index is 962. The maximum absolute atomic E-state index is 14.0. The summed E-state index contributed by atoms with van der Waals surface area (Å²) >= 11 is 0.989. The van der Waals surface area contributed by atoms with E-state index in [1.54, 1.807) is 6.92 Å². The molecule has 0 aliphatic heterocycles. The zero-order valence-electron chi connectivity index (χ0n) is 12.5. The molecule has 1 aromatic carbocycles. The molecule has 0 saturated carbocycles. The highest BCUT2D eigenvalue weighted by Gasteiger charge is 2.23. The Labute approximate surface area is 139 Å². The molecule has 0 unspecified atom stereocenters. The number of aliphatic hydroxyl groups excluding tert-OH is 1. The topological polar surface area (TPSA) is 72.2 Å². The van der Waals surface area contributed by atoms with Crippen LogP contribution < -0.4 is 0 Å². The Morgan fingerprint density at radius 3 is 2.75 bits per heavy atom. The van der Waals surface area contributed by atoms with Gasteiger partial charge in [-0.1, -0.05) is 6.92 Å². The third-order valence-corrected chi connectivity index (χ3v) is 4.43. The summed E-state index contributed by atoms with van der Waals surface area (Å²) in [6, 6.07) is 1.72. The van der Waals surface area contributed by atoms with Gasteiger partial charge in [0, 0.05) is 29.5 Å². The van der Waals surface area contributed by atoms with Gasteiger partial charge in [-0.25, -0.2) is 13.8 Å². The van der Waals surface area contributed by atoms with Gasteiger partial charge in [-0.3, -0.25) is 9.59 Å². The first-order chi connectivity index (χ1) is 11.5. The van der Waals surface area contributed by atoms with Crippen molar-refractivity contribution in [3.05, 3.63) is 51.6 Å². The molecule has 2 heterocycles. The summed E-state index contributed by atoms with van der Waals surface area (Å²) in [5.74, 6) is -2.46. The lowest BCUT2D eigenvalue weighted by Crippen LogP contribution is -2.03. The Kier molecular flexibility index (Phi) is 4.25. The smallest absolute Gasteiger partial charge is 0.223 e. The van der Waals surface area contributed by atoms with Gasteiger partial charge in [-0.05, 0) is 6.07 Å². The van der Waals surface area contributed by atoms with Crippen molar-refractivity contribution >= 4 is 33.8 Å². The highest BCUT2D eigenvalue weighted by atomic mass is 32.1. The fourth-order valence-corrected chi connectivity index (χ4v) is 3.22. The van der Waals surface area contributed by atoms with E-state index in [0.717, 1.165) is 22.0 Å². The molecule has 5 nitrogen and oxygen atoms in total. The van der Waals surface area contributed by atoms with Crippen LogP contribution in [0.15, 0.2) is 23.7 Å². The number of rotatable bonds is 5. The fraction of sp³-hybridized carbons (Fsp3) is 0.188. The molecule has 0 spiro atoms. The lowest BCUT2D eigenvalue weighted by Gasteiger charge is -2.00. The summed E-state index contributed by atoms with van der Waals surface area (Å²) in [7, 11) is 0. The lowest BCUT2D eigenvalue weighted by molar-refractivity contribution is 0.0984. The molecule has 124 valence electrons. The van der Waals surface area contributed by atoms with Crippen LogP contribution in [-0.2, 0) is 6.73 Å². The number of ketones is 2. The zero-order valence-corrected chi connectivity index (χ0v) is 13.4. The summed E-state index contributed by atoms with van der Waals surface area (Å²) < 4.78 is 28.6. The molecule has 0 atom stereocenters. The number of aromatic nitrogens is 2. The molecule has 0 bridgehead atoms. The van der Waals surface area contributed by atoms with E-state index < -0.39 is 24.1 Å². The maximum Gasteiger partial charge on any atom is 0.223 e. The maximum atomic E-state index is 14.0. The number of benzene rings is 1. The number of hydrogen-bond donors (Lipinski definition) is 1. The van der Waals surface area contributed by atoms with Gasteiger partial charge in [0.2, 0.25) is 5.78 Å². The first-order valence-electron chi connectivity index (χ1n) is 7.08. The van der Waals surface area contributed by atoms with E-state index in [2.05, 4.69) is 4.98 Å². The van der Waals surface area contributed by atoms with Gasteiger partial charge in [-0.15, -0.1) is 11.3 Å². The molecule has 3 rings (SSSR count). The Morgan fingerprint density at radius 1 is 1.33 bits per heavy atom. The number of Topliss-reactive ketones (excluding diaryl/α,β-unsaturated/α-hetero) is 1. The van der Waals surface area contributed by atoms with Crippen LogP contribution in [0, 0.1) is 11.6 Å². The normalized spacial score (nSPS) is 11.2. The van der Waals surface area contributed by atoms with Crippen LogP contribution in [0.1, 0.15) is 39.2 Å². The Morgan fingerprint density at radius 2 is 2.08 bits per heavy atom. The highest BCUT2D eigenvalue weighted by Crippen LogP contribution is 2.28. The number of aliphatic hydroxyl groups is 1. The zero-order chi connectivity index (χ0) is 17.4. The Hall–Kier alpha value is -2.45. The fourth-order valence-electron chi connectivity index (χ4n) is 2.45. The van der Waals surface area contributed by atoms with Gasteiger partial charge >= 0.3 is 0 Å². The summed E-state index contributed by atoms with van der Waals surface area (Å²) in [6.07, 6.45) is 1.51. The van der Waals surface area contributed by atoms with Gasteiger partial charge < -0.3 is 9.67 Å². The van der Waals surface area contributed by atoms with E-state index in [4.69, 9.17) is 0 Å². The van der Waals surface area contributed by atoms with Gasteiger partial charge in [0.25, 0.3) is 0 Å². The van der Waals surface area contributed by atoms with Crippen molar-refractivity contribution in [2.24, 2.45) is 0 Å². The first kappa shape index (κ1) is 16.4. The third kappa shape index (κ3) is 2.63. The number of halogens is 2. The number of nitrogens with zero attached hydrogens (tertiary/aromatic N) is 2. The van der Waals surface area contributed by atoms with E-state index >= 15 is 0 Å². The number of hydrogen-bond acceptors (Lipinski definition) is 5. The first-order valence-corrected chi connectivity index (χ1v) is 7.96. The molecule has 0 amide bonds. The minimum absolute atomic E-state index is 0.0160. The summed E-state index contributed by atoms with van der Waals surface area (Å²) in [5, 5.41) is 10.9. The van der Waals surface area contributed by atoms with Crippen molar-refractivity contribution in [1.82, 2.24) is 9.55 Å². The molecule has 0 radical (unpaired) electrons. The van der Waals surface area contributed by atoms with Crippen LogP contribution in [0.2, 0.25) is 0 Å². The Balaban J connectivity index is 2.13. The minimum Gasteiger partial charge on any atom is -0.376 e. The summed E-state index contributed by atoms with van der Waals surface area (Å²) in [4.78, 5) is 28.3. The van der Waals surface area contributed by atoms with Crippen LogP contribution in [0.4, 0.5) is 8.78 Å². The van der Waals surface area contributed by atoms with Crippen LogP contribution in [-0.4, -0.2) is 26.2 Å². The van der Waals surface area contributed by atoms with Crippen molar-refractivity contribution in [2.45, 2.75) is 20.1 Å². The van der Waals surface area contributed by atoms with Gasteiger partial charge in [0.15, 0.2) is 10.8 Å². The van der Waals surface area contributed by atoms with E-state index in [0.29, 0.717) is 6.07 Å². The molecule has 24 heavy (non-hydrogen) atoms. The predicted octanol–water partition coefficient (Wildman–Crippen LogP) is 3.15. The average molecular weight is 350 g/mol. The van der Waals surface area contributed by atoms with Gasteiger partial charge in [0.1, 0.15) is 24.1 Å². The van der Waals surface area contributed by atoms with Crippen molar-refractivity contribution < 1.29 is 23.5 Å². The van der Waals surface area contributed by atoms with Crippen molar-refractivity contribution in [2.75, 3.05) is 0 Å². The van der Waals surface area contributed by atoms with Crippen LogP contribution in [0.25, 0.3) is 10.9 Å². The number of carbonyl (C=O) groups excluding carboxylic acids is 2. The van der Waals surface area contributed by atoms with Gasteiger partial charge in [-0.2, -0.15) is 0 Å². The quantitative estimate of drug-likeness (QED) is 0.718. The van der Waals surface area contributed by atoms with Crippen LogP contribution in [0.5, 0.6) is 0 Å². The van der Waals surface area contributed by atoms with E-state index in [1.807, 2.05) is 0 Å². The minimum atomic E-state index is -0.876. The third-order valence-electron chi connectivity index (χ3n) is 3.59. The highest BCUT2D eigenvalue weighted by molar-refractivity contribution is 7.12. The van der Waals surface area contributed by atoms with Gasteiger partial charge in [0.05, 0.1) is 11.1 Å². The molecule has 0 fully saturated rings. The van der Waals surface area contributed by atoms with Crippen molar-refractivity contribution in [1.29, 1.82) is 0 Å². The second-order valence-electron chi connectivity index (χ2n) is 5.08. The van der Waals surface area contributed by atoms with E-state index in [1.165, 1.54) is 11.6 Å². The SMILES string of the molecule is CCC(=O)c1csc(C(=O)c2cn(CO)c3c(F)cc(F)cc23)n1.